The van der Waals surface area contributed by atoms with Crippen molar-refractivity contribution in [2.45, 2.75) is 156 Å². The van der Waals surface area contributed by atoms with Crippen LogP contribution in [0.2, 0.25) is 0 Å². The van der Waals surface area contributed by atoms with Crippen molar-refractivity contribution in [3.8, 4) is 46.7 Å². The Kier molecular flexibility index (Phi) is 27.1. The van der Waals surface area contributed by atoms with E-state index >= 15 is 0 Å². The predicted molar refractivity (Wildman–Crippen MR) is 230 cm³/mol. The van der Waals surface area contributed by atoms with E-state index in [1.165, 1.54) is 77.0 Å². The minimum atomic E-state index is 0.649. The third-order valence-electron chi connectivity index (χ3n) is 9.08. The van der Waals surface area contributed by atoms with E-state index in [0.29, 0.717) is 26.4 Å². The Morgan fingerprint density at radius 2 is 0.750 bits per heavy atom. The number of rotatable bonds is 30. The Morgan fingerprint density at radius 1 is 0.423 bits per heavy atom. The second-order valence-electron chi connectivity index (χ2n) is 13.8. The second kappa shape index (κ2) is 30.9. The smallest absolute Gasteiger partial charge is 0.136 e. The lowest BCUT2D eigenvalue weighted by molar-refractivity contribution is 0.294. The molecule has 0 aliphatic heterocycles. The summed E-state index contributed by atoms with van der Waals surface area (Å²) in [5.74, 6) is 18.3. The molecule has 0 spiro atoms. The lowest BCUT2D eigenvalue weighted by Gasteiger charge is -2.15. The molecule has 0 N–H and O–H groups in total. The van der Waals surface area contributed by atoms with Gasteiger partial charge in [-0.25, -0.2) is 0 Å². The maximum Gasteiger partial charge on any atom is 0.136 e. The van der Waals surface area contributed by atoms with Gasteiger partial charge in [-0.1, -0.05) is 122 Å². The molecular weight excluding hydrogens is 681 g/mol. The van der Waals surface area contributed by atoms with Crippen molar-refractivity contribution in [2.24, 2.45) is 0 Å². The molecule has 290 valence electrons. The minimum Gasteiger partial charge on any atom is -0.493 e. The molecule has 4 nitrogen and oxygen atoms in total. The SMILES string of the molecule is CC#Cc1cc(OCCCCCCCC)c(C#Cc2cc(OCCCCCCS)c(C)cc2OCCCCCCS)cc1OCCCCCCCC. The van der Waals surface area contributed by atoms with Gasteiger partial charge in [0.2, 0.25) is 0 Å². The number of hydrogen-bond donors (Lipinski definition) is 2. The molecule has 0 aromatic heterocycles. The van der Waals surface area contributed by atoms with Crippen LogP contribution in [-0.2, 0) is 0 Å². The molecule has 0 heterocycles. The van der Waals surface area contributed by atoms with Crippen LogP contribution < -0.4 is 18.9 Å². The van der Waals surface area contributed by atoms with Gasteiger partial charge in [0.05, 0.1) is 43.1 Å². The van der Waals surface area contributed by atoms with Gasteiger partial charge in [0, 0.05) is 12.1 Å². The number of aryl methyl sites for hydroxylation is 1. The van der Waals surface area contributed by atoms with Crippen LogP contribution in [0.4, 0.5) is 0 Å². The standard InChI is InChI=1S/C46H70O4S2/c1-5-8-10-12-14-20-31-49-45-38-42(46(37-40(45)26-7-3)50-32-21-15-13-11-9-6-2)28-27-41-36-43(47-29-22-16-18-24-33-51)39(4)35-44(41)48-30-23-17-19-25-34-52/h35-38,51-52H,5-6,8-25,29-34H2,1-4H3. The molecular formula is C46H70O4S2. The summed E-state index contributed by atoms with van der Waals surface area (Å²) in [6.07, 6.45) is 23.5. The molecule has 0 saturated carbocycles. The van der Waals surface area contributed by atoms with E-state index in [0.717, 1.165) is 108 Å². The molecule has 0 amide bonds. The maximum absolute atomic E-state index is 6.44. The first-order chi connectivity index (χ1) is 25.6. The van der Waals surface area contributed by atoms with Crippen LogP contribution in [0.15, 0.2) is 24.3 Å². The Balaban J connectivity index is 2.40. The lowest BCUT2D eigenvalue weighted by Crippen LogP contribution is -2.04. The van der Waals surface area contributed by atoms with E-state index < -0.39 is 0 Å². The molecule has 0 saturated heterocycles. The van der Waals surface area contributed by atoms with Crippen molar-refractivity contribution < 1.29 is 18.9 Å². The topological polar surface area (TPSA) is 36.9 Å². The van der Waals surface area contributed by atoms with Gasteiger partial charge >= 0.3 is 0 Å². The van der Waals surface area contributed by atoms with Gasteiger partial charge < -0.3 is 18.9 Å². The summed E-state index contributed by atoms with van der Waals surface area (Å²) in [6, 6.07) is 8.18. The average molecular weight is 751 g/mol. The van der Waals surface area contributed by atoms with Gasteiger partial charge in [0.25, 0.3) is 0 Å². The van der Waals surface area contributed by atoms with Gasteiger partial charge in [-0.15, -0.1) is 5.92 Å². The van der Waals surface area contributed by atoms with Crippen LogP contribution in [0, 0.1) is 30.6 Å². The highest BCUT2D eigenvalue weighted by atomic mass is 32.1. The fourth-order valence-electron chi connectivity index (χ4n) is 5.93. The fourth-order valence-corrected chi connectivity index (χ4v) is 6.37. The molecule has 6 heteroatoms. The van der Waals surface area contributed by atoms with Crippen molar-refractivity contribution in [1.82, 2.24) is 0 Å². The van der Waals surface area contributed by atoms with Crippen LogP contribution in [0.5, 0.6) is 23.0 Å². The highest BCUT2D eigenvalue weighted by Crippen LogP contribution is 2.31. The molecule has 2 aromatic rings. The van der Waals surface area contributed by atoms with Gasteiger partial charge in [-0.2, -0.15) is 25.3 Å². The van der Waals surface area contributed by atoms with Gasteiger partial charge in [-0.05, 0) is 81.6 Å². The minimum absolute atomic E-state index is 0.649. The van der Waals surface area contributed by atoms with E-state index in [4.69, 9.17) is 18.9 Å². The number of thiol groups is 2. The van der Waals surface area contributed by atoms with Crippen LogP contribution >= 0.6 is 25.3 Å². The Bertz CT molecular complexity index is 1350. The van der Waals surface area contributed by atoms with E-state index in [9.17, 15) is 0 Å². The van der Waals surface area contributed by atoms with Crippen LogP contribution in [0.1, 0.15) is 171 Å². The summed E-state index contributed by atoms with van der Waals surface area (Å²) in [6.45, 7) is 11.1. The van der Waals surface area contributed by atoms with E-state index in [1.54, 1.807) is 0 Å². The zero-order valence-electron chi connectivity index (χ0n) is 33.2. The summed E-state index contributed by atoms with van der Waals surface area (Å²) >= 11 is 8.70. The van der Waals surface area contributed by atoms with Crippen molar-refractivity contribution in [3.05, 3.63) is 46.5 Å². The average Bonchev–Trinajstić information content (AvgIpc) is 3.14. The third kappa shape index (κ3) is 20.1. The highest BCUT2D eigenvalue weighted by molar-refractivity contribution is 7.80. The zero-order chi connectivity index (χ0) is 37.5. The van der Waals surface area contributed by atoms with Crippen molar-refractivity contribution in [3.63, 3.8) is 0 Å². The van der Waals surface area contributed by atoms with Crippen LogP contribution in [-0.4, -0.2) is 37.9 Å². The Morgan fingerprint density at radius 3 is 1.15 bits per heavy atom. The Hall–Kier alpha value is -2.54. The summed E-state index contributed by atoms with van der Waals surface area (Å²) in [5, 5.41) is 0. The van der Waals surface area contributed by atoms with Crippen molar-refractivity contribution in [1.29, 1.82) is 0 Å². The number of hydrogen-bond acceptors (Lipinski definition) is 6. The molecule has 0 atom stereocenters. The van der Waals surface area contributed by atoms with E-state index in [1.807, 2.05) is 19.1 Å². The first kappa shape index (κ1) is 45.6. The monoisotopic (exact) mass is 750 g/mol. The summed E-state index contributed by atoms with van der Waals surface area (Å²) in [5.41, 5.74) is 3.52. The lowest BCUT2D eigenvalue weighted by atomic mass is 10.1. The van der Waals surface area contributed by atoms with Crippen molar-refractivity contribution in [2.75, 3.05) is 37.9 Å². The zero-order valence-corrected chi connectivity index (χ0v) is 35.0. The van der Waals surface area contributed by atoms with E-state index in [-0.39, 0.29) is 0 Å². The molecule has 0 unspecified atom stereocenters. The fraction of sp³-hybridized carbons (Fsp3) is 0.652. The molecule has 0 fully saturated rings. The molecule has 0 bridgehead atoms. The predicted octanol–water partition coefficient (Wildman–Crippen LogP) is 13.0. The van der Waals surface area contributed by atoms with Gasteiger partial charge in [0.15, 0.2) is 0 Å². The van der Waals surface area contributed by atoms with Crippen LogP contribution in [0.3, 0.4) is 0 Å². The highest BCUT2D eigenvalue weighted by Gasteiger charge is 2.13. The molecule has 0 radical (unpaired) electrons. The largest absolute Gasteiger partial charge is 0.493 e. The van der Waals surface area contributed by atoms with Gasteiger partial charge in [0.1, 0.15) is 23.0 Å². The molecule has 0 aliphatic carbocycles. The van der Waals surface area contributed by atoms with Crippen LogP contribution in [0.25, 0.3) is 0 Å². The van der Waals surface area contributed by atoms with Crippen molar-refractivity contribution >= 4 is 25.3 Å². The molecule has 2 aromatic carbocycles. The van der Waals surface area contributed by atoms with E-state index in [2.05, 4.69) is 81.8 Å². The second-order valence-corrected chi connectivity index (χ2v) is 14.7. The Labute approximate surface area is 330 Å². The first-order valence-corrected chi connectivity index (χ1v) is 21.8. The van der Waals surface area contributed by atoms with Gasteiger partial charge in [-0.3, -0.25) is 0 Å². The number of benzene rings is 2. The third-order valence-corrected chi connectivity index (χ3v) is 9.71. The summed E-state index contributed by atoms with van der Waals surface area (Å²) in [4.78, 5) is 0. The first-order valence-electron chi connectivity index (χ1n) is 20.6. The molecule has 2 rings (SSSR count). The quantitative estimate of drug-likeness (QED) is 0.0474. The maximum atomic E-state index is 6.44. The number of unbranched alkanes of at least 4 members (excludes halogenated alkanes) is 16. The summed E-state index contributed by atoms with van der Waals surface area (Å²) < 4.78 is 25.5. The normalized spacial score (nSPS) is 10.7. The molecule has 0 aliphatic rings. The summed E-state index contributed by atoms with van der Waals surface area (Å²) in [7, 11) is 0. The number of ether oxygens (including phenoxy) is 4. The molecule has 52 heavy (non-hydrogen) atoms.